The van der Waals surface area contributed by atoms with E-state index in [0.717, 1.165) is 12.1 Å². The standard InChI is InChI=1S/C12H9BrF2N4O/c1-16-11-5-17-4-10(18-11)12(20)19-9-3-7(14)6(13)2-8(9)15/h2-5H,1H3,(H,16,18)(H,19,20). The SMILES string of the molecule is CNc1cncc(C(=O)Nc2cc(F)c(Br)cc2F)n1. The molecule has 104 valence electrons. The van der Waals surface area contributed by atoms with Crippen molar-refractivity contribution in [1.82, 2.24) is 9.97 Å². The first-order valence-electron chi connectivity index (χ1n) is 5.47. The van der Waals surface area contributed by atoms with Crippen molar-refractivity contribution in [3.05, 3.63) is 46.3 Å². The normalized spacial score (nSPS) is 10.2. The van der Waals surface area contributed by atoms with Crippen LogP contribution in [0.25, 0.3) is 0 Å². The zero-order chi connectivity index (χ0) is 14.7. The molecule has 0 radical (unpaired) electrons. The van der Waals surface area contributed by atoms with Crippen molar-refractivity contribution in [3.8, 4) is 0 Å². The maximum atomic E-state index is 13.6. The summed E-state index contributed by atoms with van der Waals surface area (Å²) in [7, 11) is 1.62. The summed E-state index contributed by atoms with van der Waals surface area (Å²) < 4.78 is 26.9. The molecule has 1 aromatic carbocycles. The molecule has 0 fully saturated rings. The molecule has 0 aliphatic rings. The number of nitrogens with zero attached hydrogens (tertiary/aromatic N) is 2. The van der Waals surface area contributed by atoms with Gasteiger partial charge in [-0.25, -0.2) is 13.8 Å². The second kappa shape index (κ2) is 5.91. The minimum atomic E-state index is -0.760. The van der Waals surface area contributed by atoms with Gasteiger partial charge in [0.1, 0.15) is 23.1 Å². The minimum absolute atomic E-state index is 0.0143. The monoisotopic (exact) mass is 342 g/mol. The van der Waals surface area contributed by atoms with Crippen molar-refractivity contribution in [2.45, 2.75) is 0 Å². The molecule has 0 spiro atoms. The molecule has 1 amide bonds. The lowest BCUT2D eigenvalue weighted by atomic mass is 10.3. The third-order valence-corrected chi connectivity index (χ3v) is 2.99. The van der Waals surface area contributed by atoms with Gasteiger partial charge >= 0.3 is 0 Å². The molecule has 20 heavy (non-hydrogen) atoms. The first kappa shape index (κ1) is 14.3. The summed E-state index contributed by atoms with van der Waals surface area (Å²) in [6.07, 6.45) is 2.65. The summed E-state index contributed by atoms with van der Waals surface area (Å²) in [5, 5.41) is 4.96. The van der Waals surface area contributed by atoms with E-state index in [1.165, 1.54) is 12.4 Å². The number of carbonyl (C=O) groups is 1. The maximum absolute atomic E-state index is 13.6. The summed E-state index contributed by atoms with van der Waals surface area (Å²) in [5.74, 6) is -1.74. The zero-order valence-corrected chi connectivity index (χ0v) is 11.8. The molecule has 0 bridgehead atoms. The average molecular weight is 343 g/mol. The Balaban J connectivity index is 2.25. The van der Waals surface area contributed by atoms with Crippen molar-refractivity contribution in [2.75, 3.05) is 17.7 Å². The summed E-state index contributed by atoms with van der Waals surface area (Å²) in [6.45, 7) is 0. The van der Waals surface area contributed by atoms with Crippen LogP contribution in [0.4, 0.5) is 20.3 Å². The van der Waals surface area contributed by atoms with Crippen LogP contribution >= 0.6 is 15.9 Å². The van der Waals surface area contributed by atoms with Gasteiger partial charge in [-0.3, -0.25) is 9.78 Å². The third-order valence-electron chi connectivity index (χ3n) is 2.38. The maximum Gasteiger partial charge on any atom is 0.276 e. The number of benzene rings is 1. The van der Waals surface area contributed by atoms with Gasteiger partial charge in [0, 0.05) is 13.1 Å². The van der Waals surface area contributed by atoms with Crippen LogP contribution < -0.4 is 10.6 Å². The van der Waals surface area contributed by atoms with Gasteiger partial charge in [-0.2, -0.15) is 0 Å². The summed E-state index contributed by atoms with van der Waals surface area (Å²) in [4.78, 5) is 19.6. The molecule has 1 aromatic heterocycles. The second-order valence-electron chi connectivity index (χ2n) is 3.74. The Labute approximate surface area is 121 Å². The number of rotatable bonds is 3. The quantitative estimate of drug-likeness (QED) is 0.841. The minimum Gasteiger partial charge on any atom is -0.372 e. The highest BCUT2D eigenvalue weighted by Crippen LogP contribution is 2.23. The highest BCUT2D eigenvalue weighted by Gasteiger charge is 2.14. The molecule has 0 saturated heterocycles. The fourth-order valence-corrected chi connectivity index (χ4v) is 1.72. The number of halogens is 3. The summed E-state index contributed by atoms with van der Waals surface area (Å²) in [5.41, 5.74) is -0.285. The van der Waals surface area contributed by atoms with E-state index in [-0.39, 0.29) is 15.9 Å². The fraction of sp³-hybridized carbons (Fsp3) is 0.0833. The van der Waals surface area contributed by atoms with Crippen molar-refractivity contribution in [2.24, 2.45) is 0 Å². The van der Waals surface area contributed by atoms with Gasteiger partial charge in [0.05, 0.1) is 22.6 Å². The Morgan fingerprint density at radius 3 is 2.70 bits per heavy atom. The summed E-state index contributed by atoms with van der Waals surface area (Å²) in [6, 6.07) is 1.81. The van der Waals surface area contributed by atoms with Gasteiger partial charge < -0.3 is 10.6 Å². The lowest BCUT2D eigenvalue weighted by Crippen LogP contribution is -2.16. The topological polar surface area (TPSA) is 66.9 Å². The Morgan fingerprint density at radius 2 is 2.00 bits per heavy atom. The molecule has 2 N–H and O–H groups in total. The predicted molar refractivity (Wildman–Crippen MR) is 73.6 cm³/mol. The van der Waals surface area contributed by atoms with Gasteiger partial charge in [0.2, 0.25) is 0 Å². The molecule has 0 aliphatic heterocycles. The van der Waals surface area contributed by atoms with E-state index >= 15 is 0 Å². The number of hydrogen-bond acceptors (Lipinski definition) is 4. The second-order valence-corrected chi connectivity index (χ2v) is 4.59. The van der Waals surface area contributed by atoms with E-state index in [1.54, 1.807) is 7.05 Å². The molecule has 0 atom stereocenters. The number of aromatic nitrogens is 2. The lowest BCUT2D eigenvalue weighted by Gasteiger charge is -2.07. The number of nitrogens with one attached hydrogen (secondary N) is 2. The van der Waals surface area contributed by atoms with Crippen LogP contribution in [0.15, 0.2) is 29.0 Å². The molecule has 1 heterocycles. The highest BCUT2D eigenvalue weighted by atomic mass is 79.9. The van der Waals surface area contributed by atoms with Crippen LogP contribution in [0.2, 0.25) is 0 Å². The third kappa shape index (κ3) is 3.08. The van der Waals surface area contributed by atoms with Crippen LogP contribution in [-0.2, 0) is 0 Å². The molecule has 2 aromatic rings. The van der Waals surface area contributed by atoms with E-state index in [9.17, 15) is 13.6 Å². The number of anilines is 2. The first-order valence-corrected chi connectivity index (χ1v) is 6.26. The molecular weight excluding hydrogens is 334 g/mol. The highest BCUT2D eigenvalue weighted by molar-refractivity contribution is 9.10. The zero-order valence-electron chi connectivity index (χ0n) is 10.2. The Hall–Kier alpha value is -2.09. The van der Waals surface area contributed by atoms with E-state index < -0.39 is 17.5 Å². The molecule has 0 unspecified atom stereocenters. The van der Waals surface area contributed by atoms with E-state index in [2.05, 4.69) is 36.5 Å². The predicted octanol–water partition coefficient (Wildman–Crippen LogP) is 2.81. The number of carbonyl (C=O) groups excluding carboxylic acids is 1. The lowest BCUT2D eigenvalue weighted by molar-refractivity contribution is 0.102. The van der Waals surface area contributed by atoms with Crippen molar-refractivity contribution >= 4 is 33.3 Å². The van der Waals surface area contributed by atoms with Gasteiger partial charge in [-0.1, -0.05) is 0 Å². The Morgan fingerprint density at radius 1 is 1.25 bits per heavy atom. The van der Waals surface area contributed by atoms with E-state index in [1.807, 2.05) is 0 Å². The van der Waals surface area contributed by atoms with Crippen molar-refractivity contribution < 1.29 is 13.6 Å². The smallest absolute Gasteiger partial charge is 0.276 e. The van der Waals surface area contributed by atoms with E-state index in [4.69, 9.17) is 0 Å². The van der Waals surface area contributed by atoms with Gasteiger partial charge in [0.15, 0.2) is 0 Å². The molecule has 2 rings (SSSR count). The molecule has 0 saturated carbocycles. The van der Waals surface area contributed by atoms with Crippen LogP contribution in [0.5, 0.6) is 0 Å². The van der Waals surface area contributed by atoms with Crippen LogP contribution in [-0.4, -0.2) is 22.9 Å². The van der Waals surface area contributed by atoms with Crippen LogP contribution in [0, 0.1) is 11.6 Å². The van der Waals surface area contributed by atoms with Crippen LogP contribution in [0.1, 0.15) is 10.5 Å². The molecule has 5 nitrogen and oxygen atoms in total. The molecule has 8 heteroatoms. The summed E-state index contributed by atoms with van der Waals surface area (Å²) >= 11 is 2.85. The number of hydrogen-bond donors (Lipinski definition) is 2. The Bertz CT molecular complexity index is 666. The van der Waals surface area contributed by atoms with Gasteiger partial charge in [0.25, 0.3) is 5.91 Å². The van der Waals surface area contributed by atoms with Gasteiger partial charge in [-0.05, 0) is 22.0 Å². The van der Waals surface area contributed by atoms with E-state index in [0.29, 0.717) is 5.82 Å². The van der Waals surface area contributed by atoms with Gasteiger partial charge in [-0.15, -0.1) is 0 Å². The fourth-order valence-electron chi connectivity index (χ4n) is 1.40. The molecule has 0 aliphatic carbocycles. The first-order chi connectivity index (χ1) is 9.51. The van der Waals surface area contributed by atoms with Crippen LogP contribution in [0.3, 0.4) is 0 Å². The Kier molecular flexibility index (Phi) is 4.23. The number of amides is 1. The largest absolute Gasteiger partial charge is 0.372 e. The average Bonchev–Trinajstić information content (AvgIpc) is 2.44. The van der Waals surface area contributed by atoms with Crippen molar-refractivity contribution in [3.63, 3.8) is 0 Å². The molecular formula is C12H9BrF2N4O. The van der Waals surface area contributed by atoms with Crippen molar-refractivity contribution in [1.29, 1.82) is 0 Å².